The molecule has 2 amide bonds. The van der Waals surface area contributed by atoms with E-state index in [2.05, 4.69) is 25.5 Å². The maximum atomic E-state index is 12.5. The van der Waals surface area contributed by atoms with E-state index in [0.717, 1.165) is 5.56 Å². The van der Waals surface area contributed by atoms with Crippen LogP contribution in [0.5, 0.6) is 0 Å². The Kier molecular flexibility index (Phi) is 5.59. The molecule has 0 radical (unpaired) electrons. The highest BCUT2D eigenvalue weighted by molar-refractivity contribution is 7.92. The van der Waals surface area contributed by atoms with E-state index in [0.29, 0.717) is 29.4 Å². The maximum Gasteiger partial charge on any atom is 0.319 e. The monoisotopic (exact) mass is 401 g/mol. The molecule has 0 spiro atoms. The molecular formula is C18H19N5O4S. The second kappa shape index (κ2) is 8.09. The van der Waals surface area contributed by atoms with Crippen LogP contribution in [0.25, 0.3) is 0 Å². The van der Waals surface area contributed by atoms with Gasteiger partial charge in [0.15, 0.2) is 5.76 Å². The van der Waals surface area contributed by atoms with Crippen LogP contribution in [-0.2, 0) is 16.6 Å². The second-order valence-electron chi connectivity index (χ2n) is 6.00. The summed E-state index contributed by atoms with van der Waals surface area (Å²) in [5.41, 5.74) is 2.09. The van der Waals surface area contributed by atoms with E-state index in [9.17, 15) is 13.2 Å². The summed E-state index contributed by atoms with van der Waals surface area (Å²) in [6.07, 6.45) is 3.31. The molecule has 0 saturated heterocycles. The summed E-state index contributed by atoms with van der Waals surface area (Å²) in [7, 11) is -3.80. The number of sulfonamides is 1. The lowest BCUT2D eigenvalue weighted by Gasteiger charge is -2.10. The predicted molar refractivity (Wildman–Crippen MR) is 103 cm³/mol. The third-order valence-electron chi connectivity index (χ3n) is 3.87. The molecule has 3 aromatic rings. The number of aromatic nitrogens is 2. The van der Waals surface area contributed by atoms with Gasteiger partial charge in [-0.2, -0.15) is 0 Å². The van der Waals surface area contributed by atoms with Gasteiger partial charge in [-0.1, -0.05) is 11.2 Å². The highest BCUT2D eigenvalue weighted by atomic mass is 32.2. The SMILES string of the molecule is Cc1noc(C)c1NS(=O)(=O)c1ccc(NC(=O)NCc2cccnc2)cc1. The average Bonchev–Trinajstić information content (AvgIpc) is 2.99. The van der Waals surface area contributed by atoms with Gasteiger partial charge in [-0.05, 0) is 49.7 Å². The van der Waals surface area contributed by atoms with Crippen LogP contribution in [0.3, 0.4) is 0 Å². The summed E-state index contributed by atoms with van der Waals surface area (Å²) in [6, 6.07) is 9.03. The highest BCUT2D eigenvalue weighted by Gasteiger charge is 2.19. The third-order valence-corrected chi connectivity index (χ3v) is 5.23. The van der Waals surface area contributed by atoms with Crippen molar-refractivity contribution in [2.45, 2.75) is 25.3 Å². The van der Waals surface area contributed by atoms with Gasteiger partial charge in [-0.25, -0.2) is 13.2 Å². The van der Waals surface area contributed by atoms with Crippen molar-refractivity contribution in [1.29, 1.82) is 0 Å². The maximum absolute atomic E-state index is 12.5. The normalized spacial score (nSPS) is 11.1. The minimum absolute atomic E-state index is 0.0498. The zero-order chi connectivity index (χ0) is 20.1. The van der Waals surface area contributed by atoms with Crippen LogP contribution in [0.15, 0.2) is 58.2 Å². The molecule has 2 aromatic heterocycles. The van der Waals surface area contributed by atoms with Crippen molar-refractivity contribution in [2.24, 2.45) is 0 Å². The number of anilines is 2. The van der Waals surface area contributed by atoms with Crippen LogP contribution in [-0.4, -0.2) is 24.6 Å². The van der Waals surface area contributed by atoms with Gasteiger partial charge in [0.25, 0.3) is 10.0 Å². The summed E-state index contributed by atoms with van der Waals surface area (Å²) in [4.78, 5) is 16.0. The molecular weight excluding hydrogens is 382 g/mol. The first kappa shape index (κ1) is 19.4. The summed E-state index contributed by atoms with van der Waals surface area (Å²) in [5, 5.41) is 9.06. The van der Waals surface area contributed by atoms with Crippen molar-refractivity contribution in [3.63, 3.8) is 0 Å². The summed E-state index contributed by atoms with van der Waals surface area (Å²) >= 11 is 0. The molecule has 9 nitrogen and oxygen atoms in total. The number of rotatable bonds is 6. The Hall–Kier alpha value is -3.40. The fraction of sp³-hybridized carbons (Fsp3) is 0.167. The van der Waals surface area contributed by atoms with Gasteiger partial charge in [-0.3, -0.25) is 9.71 Å². The van der Waals surface area contributed by atoms with E-state index in [-0.39, 0.29) is 4.90 Å². The first-order valence-electron chi connectivity index (χ1n) is 8.34. The molecule has 28 heavy (non-hydrogen) atoms. The van der Waals surface area contributed by atoms with Gasteiger partial charge in [0.1, 0.15) is 11.4 Å². The van der Waals surface area contributed by atoms with E-state index in [1.54, 1.807) is 32.3 Å². The number of aryl methyl sites for hydroxylation is 2. The summed E-state index contributed by atoms with van der Waals surface area (Å²) < 4.78 is 32.4. The van der Waals surface area contributed by atoms with E-state index in [1.807, 2.05) is 6.07 Å². The third kappa shape index (κ3) is 4.65. The van der Waals surface area contributed by atoms with E-state index in [1.165, 1.54) is 24.3 Å². The van der Waals surface area contributed by atoms with Crippen molar-refractivity contribution in [1.82, 2.24) is 15.5 Å². The van der Waals surface area contributed by atoms with Gasteiger partial charge < -0.3 is 15.2 Å². The number of carbonyl (C=O) groups is 1. The Morgan fingerprint density at radius 1 is 1.14 bits per heavy atom. The van der Waals surface area contributed by atoms with Crippen LogP contribution < -0.4 is 15.4 Å². The Morgan fingerprint density at radius 3 is 2.50 bits per heavy atom. The number of amides is 2. The first-order chi connectivity index (χ1) is 13.3. The molecule has 146 valence electrons. The molecule has 0 unspecified atom stereocenters. The Labute approximate surface area is 162 Å². The fourth-order valence-corrected chi connectivity index (χ4v) is 3.57. The summed E-state index contributed by atoms with van der Waals surface area (Å²) in [5.74, 6) is 0.379. The van der Waals surface area contributed by atoms with Gasteiger partial charge in [0.2, 0.25) is 0 Å². The zero-order valence-corrected chi connectivity index (χ0v) is 16.1. The lowest BCUT2D eigenvalue weighted by Crippen LogP contribution is -2.28. The Bertz CT molecular complexity index is 1040. The molecule has 0 atom stereocenters. The van der Waals surface area contributed by atoms with Crippen molar-refractivity contribution >= 4 is 27.4 Å². The molecule has 3 rings (SSSR count). The number of nitrogens with one attached hydrogen (secondary N) is 3. The Morgan fingerprint density at radius 2 is 1.89 bits per heavy atom. The fourth-order valence-electron chi connectivity index (χ4n) is 2.40. The number of benzene rings is 1. The lowest BCUT2D eigenvalue weighted by molar-refractivity contribution is 0.251. The second-order valence-corrected chi connectivity index (χ2v) is 7.68. The number of hydrogen-bond donors (Lipinski definition) is 3. The highest BCUT2D eigenvalue weighted by Crippen LogP contribution is 2.23. The average molecular weight is 401 g/mol. The molecule has 2 heterocycles. The van der Waals surface area contributed by atoms with Gasteiger partial charge in [0.05, 0.1) is 4.90 Å². The zero-order valence-electron chi connectivity index (χ0n) is 15.3. The van der Waals surface area contributed by atoms with E-state index < -0.39 is 16.1 Å². The molecule has 10 heteroatoms. The number of pyridine rings is 1. The standard InChI is InChI=1S/C18H19N5O4S/c1-12-17(13(2)27-22-12)23-28(25,26)16-7-5-15(6-8-16)21-18(24)20-11-14-4-3-9-19-10-14/h3-10,23H,11H2,1-2H3,(H2,20,21,24). The summed E-state index contributed by atoms with van der Waals surface area (Å²) in [6.45, 7) is 3.59. The molecule has 0 saturated carbocycles. The van der Waals surface area contributed by atoms with Gasteiger partial charge in [-0.15, -0.1) is 0 Å². The molecule has 0 aliphatic rings. The molecule has 0 aliphatic carbocycles. The number of urea groups is 1. The van der Waals surface area contributed by atoms with E-state index in [4.69, 9.17) is 4.52 Å². The number of nitrogens with zero attached hydrogens (tertiary/aromatic N) is 2. The van der Waals surface area contributed by atoms with Crippen LogP contribution in [0.2, 0.25) is 0 Å². The largest absolute Gasteiger partial charge is 0.359 e. The van der Waals surface area contributed by atoms with Crippen LogP contribution in [0.4, 0.5) is 16.2 Å². The predicted octanol–water partition coefficient (Wildman–Crippen LogP) is 2.81. The van der Waals surface area contributed by atoms with Crippen molar-refractivity contribution < 1.29 is 17.7 Å². The Balaban J connectivity index is 1.62. The molecule has 0 bridgehead atoms. The number of carbonyl (C=O) groups excluding carboxylic acids is 1. The minimum atomic E-state index is -3.80. The number of hydrogen-bond acceptors (Lipinski definition) is 6. The molecule has 1 aromatic carbocycles. The first-order valence-corrected chi connectivity index (χ1v) is 9.83. The molecule has 3 N–H and O–H groups in total. The lowest BCUT2D eigenvalue weighted by atomic mass is 10.3. The van der Waals surface area contributed by atoms with Crippen LogP contribution >= 0.6 is 0 Å². The minimum Gasteiger partial charge on any atom is -0.359 e. The van der Waals surface area contributed by atoms with E-state index >= 15 is 0 Å². The topological polar surface area (TPSA) is 126 Å². The molecule has 0 aliphatic heterocycles. The van der Waals surface area contributed by atoms with Gasteiger partial charge >= 0.3 is 6.03 Å². The quantitative estimate of drug-likeness (QED) is 0.583. The van der Waals surface area contributed by atoms with Crippen molar-refractivity contribution in [3.8, 4) is 0 Å². The van der Waals surface area contributed by atoms with Crippen molar-refractivity contribution in [3.05, 3.63) is 65.8 Å². The van der Waals surface area contributed by atoms with Crippen LogP contribution in [0.1, 0.15) is 17.0 Å². The molecule has 0 fully saturated rings. The van der Waals surface area contributed by atoms with Gasteiger partial charge in [0, 0.05) is 24.6 Å². The van der Waals surface area contributed by atoms with Crippen LogP contribution in [0, 0.1) is 13.8 Å². The smallest absolute Gasteiger partial charge is 0.319 e. The van der Waals surface area contributed by atoms with Crippen molar-refractivity contribution in [2.75, 3.05) is 10.0 Å².